The van der Waals surface area contributed by atoms with E-state index >= 15 is 0 Å². The lowest BCUT2D eigenvalue weighted by Crippen LogP contribution is -2.50. The molecule has 0 unspecified atom stereocenters. The van der Waals surface area contributed by atoms with E-state index in [9.17, 15) is 4.79 Å². The molecule has 2 N–H and O–H groups in total. The fraction of sp³-hybridized carbons (Fsp3) is 0.933. The molecule has 0 aromatic heterocycles. The quantitative estimate of drug-likeness (QED) is 0.838. The smallest absolute Gasteiger partial charge is 0.239 e. The SMILES string of the molecule is CC(C)[C@H](N)C(=O)N1CCC(CN2CCOCC2)CC1.Cl. The van der Waals surface area contributed by atoms with Crippen LogP contribution >= 0.6 is 12.4 Å². The molecule has 2 aliphatic heterocycles. The zero-order valence-corrected chi connectivity index (χ0v) is 14.1. The lowest BCUT2D eigenvalue weighted by atomic mass is 9.94. The first-order chi connectivity index (χ1) is 9.58. The molecule has 2 fully saturated rings. The summed E-state index contributed by atoms with van der Waals surface area (Å²) in [6.07, 6.45) is 2.21. The molecule has 0 aromatic carbocycles. The molecule has 0 radical (unpaired) electrons. The topological polar surface area (TPSA) is 58.8 Å². The van der Waals surface area contributed by atoms with E-state index in [2.05, 4.69) is 4.90 Å². The van der Waals surface area contributed by atoms with Crippen LogP contribution in [0.1, 0.15) is 26.7 Å². The number of piperidine rings is 1. The van der Waals surface area contributed by atoms with E-state index in [4.69, 9.17) is 10.5 Å². The van der Waals surface area contributed by atoms with Gasteiger partial charge in [-0.25, -0.2) is 0 Å². The standard InChI is InChI=1S/C15H29N3O2.ClH/c1-12(2)14(16)15(19)18-5-3-13(4-6-18)11-17-7-9-20-10-8-17;/h12-14H,3-11,16H2,1-2H3;1H/t14-;/m0./s1. The monoisotopic (exact) mass is 319 g/mol. The lowest BCUT2D eigenvalue weighted by molar-refractivity contribution is -0.135. The van der Waals surface area contributed by atoms with E-state index in [0.717, 1.165) is 58.8 Å². The van der Waals surface area contributed by atoms with Gasteiger partial charge in [0.25, 0.3) is 0 Å². The second-order valence-electron chi connectivity index (χ2n) is 6.45. The van der Waals surface area contributed by atoms with Crippen LogP contribution in [0.25, 0.3) is 0 Å². The van der Waals surface area contributed by atoms with Crippen LogP contribution in [-0.2, 0) is 9.53 Å². The van der Waals surface area contributed by atoms with Crippen LogP contribution in [0.2, 0.25) is 0 Å². The summed E-state index contributed by atoms with van der Waals surface area (Å²) in [5, 5.41) is 0. The van der Waals surface area contributed by atoms with Gasteiger partial charge in [0, 0.05) is 32.7 Å². The van der Waals surface area contributed by atoms with Gasteiger partial charge in [0.15, 0.2) is 0 Å². The molecule has 0 spiro atoms. The average Bonchev–Trinajstić information content (AvgIpc) is 2.47. The normalized spacial score (nSPS) is 23.0. The Labute approximate surface area is 134 Å². The minimum atomic E-state index is -0.342. The zero-order valence-electron chi connectivity index (χ0n) is 13.3. The molecule has 0 saturated carbocycles. The van der Waals surface area contributed by atoms with Crippen molar-refractivity contribution < 1.29 is 9.53 Å². The Morgan fingerprint density at radius 1 is 1.19 bits per heavy atom. The maximum atomic E-state index is 12.2. The highest BCUT2D eigenvalue weighted by molar-refractivity contribution is 5.85. The summed E-state index contributed by atoms with van der Waals surface area (Å²) in [6.45, 7) is 10.7. The molecular formula is C15H30ClN3O2. The Bertz CT molecular complexity index is 314. The van der Waals surface area contributed by atoms with Crippen LogP contribution in [0, 0.1) is 11.8 Å². The van der Waals surface area contributed by atoms with Crippen LogP contribution < -0.4 is 5.73 Å². The fourth-order valence-electron chi connectivity index (χ4n) is 2.98. The number of ether oxygens (including phenoxy) is 1. The van der Waals surface area contributed by atoms with Crippen LogP contribution in [0.15, 0.2) is 0 Å². The number of nitrogens with two attached hydrogens (primary N) is 1. The van der Waals surface area contributed by atoms with Gasteiger partial charge in [0.2, 0.25) is 5.91 Å². The minimum Gasteiger partial charge on any atom is -0.379 e. The number of morpholine rings is 1. The molecule has 21 heavy (non-hydrogen) atoms. The lowest BCUT2D eigenvalue weighted by Gasteiger charge is -2.37. The summed E-state index contributed by atoms with van der Waals surface area (Å²) in [4.78, 5) is 16.7. The van der Waals surface area contributed by atoms with Gasteiger partial charge in [-0.1, -0.05) is 13.8 Å². The summed E-state index contributed by atoms with van der Waals surface area (Å²) in [5.74, 6) is 1.06. The Balaban J connectivity index is 0.00000220. The third-order valence-corrected chi connectivity index (χ3v) is 4.55. The van der Waals surface area contributed by atoms with Gasteiger partial charge < -0.3 is 15.4 Å². The number of carbonyl (C=O) groups excluding carboxylic acids is 1. The molecule has 5 nitrogen and oxygen atoms in total. The Morgan fingerprint density at radius 3 is 2.29 bits per heavy atom. The minimum absolute atomic E-state index is 0. The van der Waals surface area contributed by atoms with Crippen LogP contribution in [-0.4, -0.2) is 67.7 Å². The predicted molar refractivity (Wildman–Crippen MR) is 86.6 cm³/mol. The fourth-order valence-corrected chi connectivity index (χ4v) is 2.98. The summed E-state index contributed by atoms with van der Waals surface area (Å²) >= 11 is 0. The Kier molecular flexibility index (Phi) is 7.95. The molecule has 124 valence electrons. The van der Waals surface area contributed by atoms with Gasteiger partial charge in [0.05, 0.1) is 19.3 Å². The van der Waals surface area contributed by atoms with Crippen LogP contribution in [0.5, 0.6) is 0 Å². The second-order valence-corrected chi connectivity index (χ2v) is 6.45. The first kappa shape index (κ1) is 18.7. The maximum absolute atomic E-state index is 12.2. The molecule has 0 aliphatic carbocycles. The van der Waals surface area contributed by atoms with Crippen molar-refractivity contribution in [2.24, 2.45) is 17.6 Å². The van der Waals surface area contributed by atoms with E-state index in [1.807, 2.05) is 18.7 Å². The van der Waals surface area contributed by atoms with Crippen molar-refractivity contribution in [2.45, 2.75) is 32.7 Å². The van der Waals surface area contributed by atoms with Gasteiger partial charge in [0.1, 0.15) is 0 Å². The summed E-state index contributed by atoms with van der Waals surface area (Å²) in [7, 11) is 0. The van der Waals surface area contributed by atoms with Crippen molar-refractivity contribution in [3.8, 4) is 0 Å². The molecule has 2 rings (SSSR count). The van der Waals surface area contributed by atoms with Crippen molar-refractivity contribution in [3.05, 3.63) is 0 Å². The molecule has 1 amide bonds. The van der Waals surface area contributed by atoms with Crippen molar-refractivity contribution in [2.75, 3.05) is 45.9 Å². The zero-order chi connectivity index (χ0) is 14.5. The average molecular weight is 320 g/mol. The van der Waals surface area contributed by atoms with Gasteiger partial charge in [-0.05, 0) is 24.7 Å². The molecule has 0 aromatic rings. The highest BCUT2D eigenvalue weighted by Gasteiger charge is 2.28. The van der Waals surface area contributed by atoms with E-state index in [1.165, 1.54) is 0 Å². The number of hydrogen-bond acceptors (Lipinski definition) is 4. The molecule has 1 atom stereocenters. The highest BCUT2D eigenvalue weighted by atomic mass is 35.5. The third-order valence-electron chi connectivity index (χ3n) is 4.55. The van der Waals surface area contributed by atoms with Gasteiger partial charge in [-0.3, -0.25) is 9.69 Å². The molecule has 6 heteroatoms. The molecule has 2 heterocycles. The first-order valence-electron chi connectivity index (χ1n) is 7.92. The number of halogens is 1. The highest BCUT2D eigenvalue weighted by Crippen LogP contribution is 2.20. The van der Waals surface area contributed by atoms with E-state index in [0.29, 0.717) is 5.92 Å². The van der Waals surface area contributed by atoms with Crippen molar-refractivity contribution in [3.63, 3.8) is 0 Å². The van der Waals surface area contributed by atoms with Crippen molar-refractivity contribution >= 4 is 18.3 Å². The Morgan fingerprint density at radius 2 is 1.76 bits per heavy atom. The summed E-state index contributed by atoms with van der Waals surface area (Å²) in [5.41, 5.74) is 5.96. The first-order valence-corrected chi connectivity index (χ1v) is 7.92. The van der Waals surface area contributed by atoms with Crippen molar-refractivity contribution in [1.82, 2.24) is 9.80 Å². The van der Waals surface area contributed by atoms with Crippen molar-refractivity contribution in [1.29, 1.82) is 0 Å². The van der Waals surface area contributed by atoms with Crippen LogP contribution in [0.4, 0.5) is 0 Å². The maximum Gasteiger partial charge on any atom is 0.239 e. The van der Waals surface area contributed by atoms with E-state index < -0.39 is 0 Å². The molecule has 0 bridgehead atoms. The second kappa shape index (κ2) is 8.93. The number of carbonyl (C=O) groups is 1. The van der Waals surface area contributed by atoms with Gasteiger partial charge in [-0.2, -0.15) is 0 Å². The number of amides is 1. The molecule has 2 saturated heterocycles. The summed E-state index contributed by atoms with van der Waals surface area (Å²) in [6, 6.07) is -0.342. The number of likely N-dealkylation sites (tertiary alicyclic amines) is 1. The number of nitrogens with zero attached hydrogens (tertiary/aromatic N) is 2. The number of hydrogen-bond donors (Lipinski definition) is 1. The molecule has 2 aliphatic rings. The van der Waals surface area contributed by atoms with Crippen LogP contribution in [0.3, 0.4) is 0 Å². The number of rotatable bonds is 4. The largest absolute Gasteiger partial charge is 0.379 e. The van der Waals surface area contributed by atoms with E-state index in [-0.39, 0.29) is 30.3 Å². The van der Waals surface area contributed by atoms with E-state index in [1.54, 1.807) is 0 Å². The predicted octanol–water partition coefficient (Wildman–Crippen LogP) is 0.962. The van der Waals surface area contributed by atoms with Gasteiger partial charge >= 0.3 is 0 Å². The summed E-state index contributed by atoms with van der Waals surface area (Å²) < 4.78 is 5.38. The van der Waals surface area contributed by atoms with Gasteiger partial charge in [-0.15, -0.1) is 12.4 Å². The Hall–Kier alpha value is -0.360. The molecular weight excluding hydrogens is 290 g/mol. The third kappa shape index (κ3) is 5.40.